The van der Waals surface area contributed by atoms with Crippen molar-refractivity contribution >= 4 is 5.97 Å². The fourth-order valence-electron chi connectivity index (χ4n) is 3.11. The first-order valence-electron chi connectivity index (χ1n) is 7.30. The summed E-state index contributed by atoms with van der Waals surface area (Å²) < 4.78 is 0. The Morgan fingerprint density at radius 3 is 2.68 bits per heavy atom. The number of aliphatic carboxylic acids is 1. The summed E-state index contributed by atoms with van der Waals surface area (Å²) in [7, 11) is 0. The Hall–Kier alpha value is -1.35. The summed E-state index contributed by atoms with van der Waals surface area (Å²) >= 11 is 0. The molecule has 1 N–H and O–H groups in total. The first-order valence-corrected chi connectivity index (χ1v) is 7.30. The van der Waals surface area contributed by atoms with Gasteiger partial charge in [-0.2, -0.15) is 0 Å². The molecule has 1 aliphatic carbocycles. The lowest BCUT2D eigenvalue weighted by molar-refractivity contribution is -0.138. The minimum Gasteiger partial charge on any atom is -0.481 e. The van der Waals surface area contributed by atoms with Crippen molar-refractivity contribution in [1.29, 1.82) is 0 Å². The van der Waals surface area contributed by atoms with Crippen molar-refractivity contribution in [2.45, 2.75) is 44.1 Å². The molecule has 102 valence electrons. The first-order chi connectivity index (χ1) is 9.24. The Bertz CT molecular complexity index is 462. The second-order valence-electron chi connectivity index (χ2n) is 5.80. The Morgan fingerprint density at radius 2 is 2.05 bits per heavy atom. The van der Waals surface area contributed by atoms with Gasteiger partial charge in [-0.1, -0.05) is 24.3 Å². The van der Waals surface area contributed by atoms with Gasteiger partial charge in [0.2, 0.25) is 0 Å². The zero-order chi connectivity index (χ0) is 13.2. The normalized spacial score (nSPS) is 21.5. The molecule has 0 bridgehead atoms. The van der Waals surface area contributed by atoms with E-state index in [4.69, 9.17) is 5.11 Å². The number of benzene rings is 1. The van der Waals surface area contributed by atoms with Gasteiger partial charge < -0.3 is 5.11 Å². The van der Waals surface area contributed by atoms with Gasteiger partial charge in [-0.15, -0.1) is 0 Å². The molecule has 3 nitrogen and oxygen atoms in total. The molecule has 1 unspecified atom stereocenters. The quantitative estimate of drug-likeness (QED) is 0.883. The van der Waals surface area contributed by atoms with E-state index in [9.17, 15) is 4.79 Å². The lowest BCUT2D eigenvalue weighted by atomic mass is 9.98. The standard InChI is InChI=1S/C16H21NO2/c18-16(19)11-15(17-8-1-2-9-17)14-5-3-4-13(10-14)12-6-7-12/h3-5,10,12,15H,1-2,6-9,11H2,(H,18,19). The molecule has 3 rings (SSSR count). The van der Waals surface area contributed by atoms with Crippen LogP contribution in [0.1, 0.15) is 55.2 Å². The molecule has 2 aliphatic rings. The number of nitrogens with zero attached hydrogens (tertiary/aromatic N) is 1. The maximum absolute atomic E-state index is 11.1. The molecule has 1 saturated heterocycles. The van der Waals surface area contributed by atoms with Crippen molar-refractivity contribution in [3.05, 3.63) is 35.4 Å². The molecule has 0 radical (unpaired) electrons. The molecular weight excluding hydrogens is 238 g/mol. The highest BCUT2D eigenvalue weighted by Gasteiger charge is 2.28. The summed E-state index contributed by atoms with van der Waals surface area (Å²) in [5, 5.41) is 9.17. The van der Waals surface area contributed by atoms with E-state index in [2.05, 4.69) is 29.2 Å². The molecule has 1 saturated carbocycles. The summed E-state index contributed by atoms with van der Waals surface area (Å²) in [4.78, 5) is 13.5. The van der Waals surface area contributed by atoms with E-state index in [1.165, 1.54) is 36.8 Å². The van der Waals surface area contributed by atoms with Crippen LogP contribution in [0.5, 0.6) is 0 Å². The third-order valence-corrected chi connectivity index (χ3v) is 4.29. The number of rotatable bonds is 5. The second-order valence-corrected chi connectivity index (χ2v) is 5.80. The molecule has 1 atom stereocenters. The van der Waals surface area contributed by atoms with Crippen molar-refractivity contribution in [3.63, 3.8) is 0 Å². The van der Waals surface area contributed by atoms with Crippen LogP contribution in [0.25, 0.3) is 0 Å². The first kappa shape index (κ1) is 12.7. The Balaban J connectivity index is 1.84. The minimum atomic E-state index is -0.700. The van der Waals surface area contributed by atoms with Gasteiger partial charge in [0.05, 0.1) is 6.42 Å². The van der Waals surface area contributed by atoms with Gasteiger partial charge >= 0.3 is 5.97 Å². The summed E-state index contributed by atoms with van der Waals surface area (Å²) in [6.07, 6.45) is 5.18. The van der Waals surface area contributed by atoms with Crippen LogP contribution in [0.15, 0.2) is 24.3 Å². The SMILES string of the molecule is O=C(O)CC(c1cccc(C2CC2)c1)N1CCCC1. The smallest absolute Gasteiger partial charge is 0.305 e. The van der Waals surface area contributed by atoms with Crippen molar-refractivity contribution in [2.24, 2.45) is 0 Å². The van der Waals surface area contributed by atoms with Crippen molar-refractivity contribution < 1.29 is 9.90 Å². The van der Waals surface area contributed by atoms with E-state index in [1.54, 1.807) is 0 Å². The van der Waals surface area contributed by atoms with E-state index < -0.39 is 5.97 Å². The van der Waals surface area contributed by atoms with Gasteiger partial charge in [0.1, 0.15) is 0 Å². The lowest BCUT2D eigenvalue weighted by Gasteiger charge is -2.27. The summed E-state index contributed by atoms with van der Waals surface area (Å²) in [6, 6.07) is 8.66. The zero-order valence-corrected chi connectivity index (χ0v) is 11.2. The van der Waals surface area contributed by atoms with Crippen LogP contribution in [-0.2, 0) is 4.79 Å². The predicted octanol–water partition coefficient (Wildman–Crippen LogP) is 3.18. The number of hydrogen-bond acceptors (Lipinski definition) is 2. The number of hydrogen-bond donors (Lipinski definition) is 1. The van der Waals surface area contributed by atoms with E-state index >= 15 is 0 Å². The molecule has 3 heteroatoms. The molecule has 2 fully saturated rings. The number of likely N-dealkylation sites (tertiary alicyclic amines) is 1. The van der Waals surface area contributed by atoms with E-state index in [0.29, 0.717) is 0 Å². The zero-order valence-electron chi connectivity index (χ0n) is 11.2. The lowest BCUT2D eigenvalue weighted by Crippen LogP contribution is -2.27. The fourth-order valence-corrected chi connectivity index (χ4v) is 3.11. The van der Waals surface area contributed by atoms with Crippen LogP contribution >= 0.6 is 0 Å². The van der Waals surface area contributed by atoms with Crippen molar-refractivity contribution in [3.8, 4) is 0 Å². The van der Waals surface area contributed by atoms with Crippen LogP contribution in [0, 0.1) is 0 Å². The molecule has 1 aromatic carbocycles. The summed E-state index contributed by atoms with van der Waals surface area (Å²) in [5.74, 6) is 0.0257. The Morgan fingerprint density at radius 1 is 1.32 bits per heavy atom. The average molecular weight is 259 g/mol. The number of carboxylic acid groups (broad SMARTS) is 1. The van der Waals surface area contributed by atoms with Crippen LogP contribution in [0.3, 0.4) is 0 Å². The maximum atomic E-state index is 11.1. The van der Waals surface area contributed by atoms with Gasteiger partial charge in [-0.25, -0.2) is 0 Å². The van der Waals surface area contributed by atoms with Crippen LogP contribution in [0.2, 0.25) is 0 Å². The monoisotopic (exact) mass is 259 g/mol. The largest absolute Gasteiger partial charge is 0.481 e. The van der Waals surface area contributed by atoms with Crippen LogP contribution < -0.4 is 0 Å². The van der Waals surface area contributed by atoms with Gasteiger partial charge in [-0.05, 0) is 55.8 Å². The van der Waals surface area contributed by atoms with Gasteiger partial charge in [0.25, 0.3) is 0 Å². The molecule has 1 heterocycles. The van der Waals surface area contributed by atoms with Gasteiger partial charge in [0.15, 0.2) is 0 Å². The summed E-state index contributed by atoms with van der Waals surface area (Å²) in [5.41, 5.74) is 2.58. The third kappa shape index (κ3) is 2.98. The van der Waals surface area contributed by atoms with Crippen LogP contribution in [0.4, 0.5) is 0 Å². The average Bonchev–Trinajstić information content (AvgIpc) is 3.12. The summed E-state index contributed by atoms with van der Waals surface area (Å²) in [6.45, 7) is 2.07. The van der Waals surface area contributed by atoms with E-state index in [1.807, 2.05) is 0 Å². The Labute approximate surface area is 114 Å². The highest BCUT2D eigenvalue weighted by molar-refractivity contribution is 5.68. The molecule has 1 aliphatic heterocycles. The molecule has 19 heavy (non-hydrogen) atoms. The molecule has 1 aromatic rings. The molecule has 0 spiro atoms. The van der Waals surface area contributed by atoms with E-state index in [0.717, 1.165) is 19.0 Å². The molecule has 0 aromatic heterocycles. The number of carbonyl (C=O) groups is 1. The predicted molar refractivity (Wildman–Crippen MR) is 74.2 cm³/mol. The topological polar surface area (TPSA) is 40.5 Å². The van der Waals surface area contributed by atoms with Crippen LogP contribution in [-0.4, -0.2) is 29.1 Å². The van der Waals surface area contributed by atoms with Gasteiger partial charge in [0, 0.05) is 6.04 Å². The third-order valence-electron chi connectivity index (χ3n) is 4.29. The minimum absolute atomic E-state index is 0.0544. The van der Waals surface area contributed by atoms with E-state index in [-0.39, 0.29) is 12.5 Å². The maximum Gasteiger partial charge on any atom is 0.305 e. The van der Waals surface area contributed by atoms with Crippen molar-refractivity contribution in [1.82, 2.24) is 4.90 Å². The van der Waals surface area contributed by atoms with Gasteiger partial charge in [-0.3, -0.25) is 9.69 Å². The molecular formula is C16H21NO2. The number of carboxylic acids is 1. The highest BCUT2D eigenvalue weighted by Crippen LogP contribution is 2.41. The highest BCUT2D eigenvalue weighted by atomic mass is 16.4. The molecule has 0 amide bonds. The fraction of sp³-hybridized carbons (Fsp3) is 0.562. The van der Waals surface area contributed by atoms with Crippen molar-refractivity contribution in [2.75, 3.05) is 13.1 Å². The second kappa shape index (κ2) is 5.33. The Kier molecular flexibility index (Phi) is 3.56.